The van der Waals surface area contributed by atoms with Crippen LogP contribution in [0.15, 0.2) is 63.5 Å². The van der Waals surface area contributed by atoms with E-state index in [4.69, 9.17) is 10.1 Å². The smallest absolute Gasteiger partial charge is 0.283 e. The van der Waals surface area contributed by atoms with Gasteiger partial charge in [0.25, 0.3) is 5.91 Å². The van der Waals surface area contributed by atoms with Crippen LogP contribution in [-0.2, 0) is 21.2 Å². The molecule has 0 unspecified atom stereocenters. The fraction of sp³-hybridized carbons (Fsp3) is 0.143. The molecule has 0 bridgehead atoms. The molecule has 2 aliphatic rings. The van der Waals surface area contributed by atoms with Crippen molar-refractivity contribution in [1.82, 2.24) is 4.90 Å². The Hall–Kier alpha value is -3.31. The highest BCUT2D eigenvalue weighted by Crippen LogP contribution is 2.30. The summed E-state index contributed by atoms with van der Waals surface area (Å²) < 4.78 is 47.1. The molecule has 0 fully saturated rings. The van der Waals surface area contributed by atoms with Gasteiger partial charge in [-0.3, -0.25) is 10.2 Å². The molecule has 2 aliphatic heterocycles. The first-order valence-electron chi connectivity index (χ1n) is 9.47. The summed E-state index contributed by atoms with van der Waals surface area (Å²) in [7, 11) is -3.69. The molecule has 0 spiro atoms. The standard InChI is InChI=1S/C21H17FN4O4S2/c1-2-32(28,29)21-25-31-20-24-19(27)17(18(23)26(20)21)11-13-5-9-16(10-6-13)30-12-14-3-7-15(22)8-4-14/h3-11,23H,2,12H2,1H3/b17-11-,23-18?. The van der Waals surface area contributed by atoms with Gasteiger partial charge in [0.05, 0.1) is 23.3 Å². The molecule has 32 heavy (non-hydrogen) atoms. The van der Waals surface area contributed by atoms with Crippen LogP contribution in [0.2, 0.25) is 0 Å². The van der Waals surface area contributed by atoms with Crippen molar-refractivity contribution in [3.8, 4) is 5.75 Å². The van der Waals surface area contributed by atoms with E-state index in [1.165, 1.54) is 25.1 Å². The SMILES string of the molecule is CCS(=O)(=O)C1=NSC2=NC(=O)/C(=C\c3ccc(OCc4ccc(F)cc4)cc3)C(=N)N21. The topological polar surface area (TPSA) is 112 Å². The number of nitrogens with one attached hydrogen (secondary N) is 1. The molecule has 0 aromatic heterocycles. The lowest BCUT2D eigenvalue weighted by Gasteiger charge is -2.24. The van der Waals surface area contributed by atoms with E-state index in [0.29, 0.717) is 11.3 Å². The normalized spacial score (nSPS) is 17.3. The van der Waals surface area contributed by atoms with Gasteiger partial charge < -0.3 is 4.74 Å². The van der Waals surface area contributed by atoms with Gasteiger partial charge in [0.1, 0.15) is 24.0 Å². The number of amidine groups is 3. The summed E-state index contributed by atoms with van der Waals surface area (Å²) in [5.74, 6) is -0.867. The zero-order valence-electron chi connectivity index (χ0n) is 16.8. The number of hydrogen-bond donors (Lipinski definition) is 1. The number of benzene rings is 2. The lowest BCUT2D eigenvalue weighted by molar-refractivity contribution is -0.114. The summed E-state index contributed by atoms with van der Waals surface area (Å²) in [6.07, 6.45) is 1.47. The fourth-order valence-corrected chi connectivity index (χ4v) is 4.87. The third-order valence-corrected chi connectivity index (χ3v) is 7.07. The van der Waals surface area contributed by atoms with Gasteiger partial charge in [-0.25, -0.2) is 17.7 Å². The number of ether oxygens (including phenoxy) is 1. The molecule has 8 nitrogen and oxygen atoms in total. The van der Waals surface area contributed by atoms with E-state index in [-0.39, 0.29) is 39.9 Å². The van der Waals surface area contributed by atoms with Gasteiger partial charge in [0.15, 0.2) is 0 Å². The van der Waals surface area contributed by atoms with Crippen molar-refractivity contribution < 1.29 is 22.3 Å². The van der Waals surface area contributed by atoms with Gasteiger partial charge in [-0.15, -0.1) is 0 Å². The molecule has 4 rings (SSSR count). The van der Waals surface area contributed by atoms with E-state index < -0.39 is 15.7 Å². The minimum Gasteiger partial charge on any atom is -0.489 e. The van der Waals surface area contributed by atoms with E-state index in [1.807, 2.05) is 0 Å². The number of carbonyl (C=O) groups is 1. The van der Waals surface area contributed by atoms with Gasteiger partial charge in [-0.2, -0.15) is 9.39 Å². The maximum Gasteiger partial charge on any atom is 0.283 e. The molecule has 1 N–H and O–H groups in total. The number of aliphatic imine (C=N–C) groups is 1. The Bertz CT molecular complexity index is 1280. The number of fused-ring (bicyclic) bond motifs is 1. The number of amides is 1. The molecule has 164 valence electrons. The minimum absolute atomic E-state index is 0.0461. The Morgan fingerprint density at radius 2 is 1.84 bits per heavy atom. The summed E-state index contributed by atoms with van der Waals surface area (Å²) in [5, 5.41) is 8.16. The molecule has 1 amide bonds. The minimum atomic E-state index is -3.69. The summed E-state index contributed by atoms with van der Waals surface area (Å²) in [6.45, 7) is 1.74. The first kappa shape index (κ1) is 21.9. The second kappa shape index (κ2) is 8.67. The Morgan fingerprint density at radius 1 is 1.16 bits per heavy atom. The Labute approximate surface area is 188 Å². The second-order valence-electron chi connectivity index (χ2n) is 6.79. The number of rotatable bonds is 5. The fourth-order valence-electron chi connectivity index (χ4n) is 2.90. The lowest BCUT2D eigenvalue weighted by atomic mass is 10.1. The van der Waals surface area contributed by atoms with Crippen LogP contribution < -0.4 is 4.74 Å². The highest BCUT2D eigenvalue weighted by molar-refractivity contribution is 8.16. The number of sulfone groups is 1. The van der Waals surface area contributed by atoms with Crippen molar-refractivity contribution in [2.75, 3.05) is 5.75 Å². The van der Waals surface area contributed by atoms with E-state index >= 15 is 0 Å². The zero-order chi connectivity index (χ0) is 22.9. The first-order valence-corrected chi connectivity index (χ1v) is 11.9. The first-order chi connectivity index (χ1) is 15.3. The van der Waals surface area contributed by atoms with E-state index in [0.717, 1.165) is 22.4 Å². The predicted molar refractivity (Wildman–Crippen MR) is 122 cm³/mol. The van der Waals surface area contributed by atoms with Crippen LogP contribution in [0.4, 0.5) is 4.39 Å². The lowest BCUT2D eigenvalue weighted by Crippen LogP contribution is -2.45. The summed E-state index contributed by atoms with van der Waals surface area (Å²) in [4.78, 5) is 17.4. The molecule has 2 heterocycles. The average Bonchev–Trinajstić information content (AvgIpc) is 3.22. The largest absolute Gasteiger partial charge is 0.489 e. The molecular weight excluding hydrogens is 455 g/mol. The summed E-state index contributed by atoms with van der Waals surface area (Å²) in [5.41, 5.74) is 1.38. The Kier molecular flexibility index (Phi) is 5.94. The van der Waals surface area contributed by atoms with Crippen LogP contribution in [0.25, 0.3) is 6.08 Å². The zero-order valence-corrected chi connectivity index (χ0v) is 18.4. The number of halogens is 1. The number of hydrogen-bond acceptors (Lipinski definition) is 7. The van der Waals surface area contributed by atoms with Crippen LogP contribution in [0, 0.1) is 11.2 Å². The maximum atomic E-state index is 13.0. The molecular formula is C21H17FN4O4S2. The molecule has 11 heteroatoms. The Balaban J connectivity index is 1.52. The van der Waals surface area contributed by atoms with Crippen molar-refractivity contribution in [2.45, 2.75) is 13.5 Å². The highest BCUT2D eigenvalue weighted by Gasteiger charge is 2.42. The number of nitrogens with zero attached hydrogens (tertiary/aromatic N) is 3. The molecule has 0 atom stereocenters. The molecule has 0 saturated carbocycles. The van der Waals surface area contributed by atoms with Crippen LogP contribution in [-0.4, -0.2) is 41.1 Å². The maximum absolute atomic E-state index is 13.0. The van der Waals surface area contributed by atoms with Crippen LogP contribution >= 0.6 is 11.9 Å². The van der Waals surface area contributed by atoms with Crippen molar-refractivity contribution in [3.63, 3.8) is 0 Å². The van der Waals surface area contributed by atoms with Crippen LogP contribution in [0.5, 0.6) is 5.75 Å². The van der Waals surface area contributed by atoms with E-state index in [1.54, 1.807) is 36.4 Å². The summed E-state index contributed by atoms with van der Waals surface area (Å²) in [6, 6.07) is 12.8. The molecule has 0 radical (unpaired) electrons. The quantitative estimate of drug-likeness (QED) is 0.527. The van der Waals surface area contributed by atoms with Gasteiger partial charge in [0.2, 0.25) is 20.2 Å². The number of carbonyl (C=O) groups excluding carboxylic acids is 1. The van der Waals surface area contributed by atoms with Crippen LogP contribution in [0.1, 0.15) is 18.1 Å². The Morgan fingerprint density at radius 3 is 2.50 bits per heavy atom. The predicted octanol–water partition coefficient (Wildman–Crippen LogP) is 3.42. The molecule has 0 aliphatic carbocycles. The van der Waals surface area contributed by atoms with Gasteiger partial charge in [0, 0.05) is 0 Å². The van der Waals surface area contributed by atoms with Crippen molar-refractivity contribution in [1.29, 1.82) is 5.41 Å². The van der Waals surface area contributed by atoms with Crippen molar-refractivity contribution in [3.05, 3.63) is 71.0 Å². The summed E-state index contributed by atoms with van der Waals surface area (Å²) >= 11 is 0.757. The monoisotopic (exact) mass is 472 g/mol. The van der Waals surface area contributed by atoms with Gasteiger partial charge >= 0.3 is 0 Å². The van der Waals surface area contributed by atoms with Gasteiger partial charge in [-0.1, -0.05) is 31.2 Å². The highest BCUT2D eigenvalue weighted by atomic mass is 32.2. The molecule has 2 aromatic rings. The van der Waals surface area contributed by atoms with E-state index in [2.05, 4.69) is 9.39 Å². The average molecular weight is 473 g/mol. The third-order valence-electron chi connectivity index (χ3n) is 4.66. The van der Waals surface area contributed by atoms with Crippen molar-refractivity contribution >= 4 is 49.9 Å². The molecule has 0 saturated heterocycles. The van der Waals surface area contributed by atoms with Crippen LogP contribution in [0.3, 0.4) is 0 Å². The third kappa shape index (κ3) is 4.34. The van der Waals surface area contributed by atoms with Crippen molar-refractivity contribution in [2.24, 2.45) is 9.39 Å². The second-order valence-corrected chi connectivity index (χ2v) is 9.70. The molecule has 2 aromatic carbocycles. The van der Waals surface area contributed by atoms with Gasteiger partial charge in [-0.05, 0) is 41.5 Å². The van der Waals surface area contributed by atoms with E-state index in [9.17, 15) is 17.6 Å².